The van der Waals surface area contributed by atoms with E-state index in [1.165, 1.54) is 16.8 Å². The number of hydrogen-bond acceptors (Lipinski definition) is 7. The fourth-order valence-corrected chi connectivity index (χ4v) is 3.38. The lowest BCUT2D eigenvalue weighted by Crippen LogP contribution is -2.34. The lowest BCUT2D eigenvalue weighted by Gasteiger charge is -2.11. The maximum absolute atomic E-state index is 12.3. The van der Waals surface area contributed by atoms with E-state index in [0.29, 0.717) is 11.4 Å². The molecule has 0 saturated heterocycles. The van der Waals surface area contributed by atoms with Crippen molar-refractivity contribution in [3.63, 3.8) is 0 Å². The Morgan fingerprint density at radius 3 is 2.52 bits per heavy atom. The summed E-state index contributed by atoms with van der Waals surface area (Å²) in [5.74, 6) is -1.24. The molecule has 3 aromatic rings. The summed E-state index contributed by atoms with van der Waals surface area (Å²) in [7, 11) is 0. The maximum atomic E-state index is 12.3. The highest BCUT2D eigenvalue weighted by Gasteiger charge is 2.31. The first kappa shape index (κ1) is 24.0. The summed E-state index contributed by atoms with van der Waals surface area (Å²) in [6.45, 7) is 3.61. The molecule has 3 rings (SSSR count). The van der Waals surface area contributed by atoms with E-state index in [9.17, 15) is 22.8 Å². The quantitative estimate of drug-likeness (QED) is 0.477. The lowest BCUT2D eigenvalue weighted by molar-refractivity contribution is -0.274. The maximum Gasteiger partial charge on any atom is 0.573 e. The van der Waals surface area contributed by atoms with E-state index >= 15 is 0 Å². The van der Waals surface area contributed by atoms with Gasteiger partial charge in [0.1, 0.15) is 5.75 Å². The minimum Gasteiger partial charge on any atom is -0.406 e. The van der Waals surface area contributed by atoms with Gasteiger partial charge in [-0.3, -0.25) is 9.59 Å². The van der Waals surface area contributed by atoms with Crippen molar-refractivity contribution in [2.75, 3.05) is 17.6 Å². The smallest absolute Gasteiger partial charge is 0.406 e. The molecule has 174 valence electrons. The van der Waals surface area contributed by atoms with Gasteiger partial charge in [-0.15, -0.1) is 18.3 Å². The van der Waals surface area contributed by atoms with Crippen LogP contribution in [0, 0.1) is 13.8 Å². The molecule has 0 saturated carbocycles. The molecule has 9 nitrogen and oxygen atoms in total. The van der Waals surface area contributed by atoms with Gasteiger partial charge in [0.15, 0.2) is 0 Å². The molecule has 0 aliphatic heterocycles. The third kappa shape index (κ3) is 6.94. The Hall–Kier alpha value is -3.61. The van der Waals surface area contributed by atoms with Crippen LogP contribution in [0.5, 0.6) is 5.75 Å². The fourth-order valence-electron chi connectivity index (χ4n) is 2.66. The zero-order chi connectivity index (χ0) is 24.0. The summed E-state index contributed by atoms with van der Waals surface area (Å²) >= 11 is 1.00. The van der Waals surface area contributed by atoms with Crippen LogP contribution in [0.3, 0.4) is 0 Å². The van der Waals surface area contributed by atoms with Crippen LogP contribution < -0.4 is 15.4 Å². The Morgan fingerprint density at radius 1 is 1.09 bits per heavy atom. The number of aromatic nitrogens is 4. The number of benzene rings is 2. The molecule has 0 unspecified atom stereocenters. The zero-order valence-corrected chi connectivity index (χ0v) is 18.3. The molecule has 0 radical (unpaired) electrons. The van der Waals surface area contributed by atoms with Gasteiger partial charge in [0, 0.05) is 5.69 Å². The van der Waals surface area contributed by atoms with Crippen LogP contribution in [0.1, 0.15) is 11.1 Å². The number of thioether (sulfide) groups is 1. The molecule has 0 bridgehead atoms. The number of aryl methyl sites for hydroxylation is 1. The molecule has 0 atom stereocenters. The summed E-state index contributed by atoms with van der Waals surface area (Å²) in [4.78, 5) is 24.2. The third-order valence-electron chi connectivity index (χ3n) is 4.41. The Labute approximate surface area is 190 Å². The third-order valence-corrected chi connectivity index (χ3v) is 5.33. The van der Waals surface area contributed by atoms with Gasteiger partial charge in [-0.25, -0.2) is 0 Å². The van der Waals surface area contributed by atoms with E-state index in [2.05, 4.69) is 30.9 Å². The normalized spacial score (nSPS) is 11.2. The number of anilines is 1. The van der Waals surface area contributed by atoms with Gasteiger partial charge in [0.25, 0.3) is 0 Å². The molecule has 2 aromatic carbocycles. The van der Waals surface area contributed by atoms with Crippen LogP contribution >= 0.6 is 11.8 Å². The summed E-state index contributed by atoms with van der Waals surface area (Å²) < 4.78 is 41.9. The molecule has 2 N–H and O–H groups in total. The van der Waals surface area contributed by atoms with E-state index in [1.54, 1.807) is 6.07 Å². The number of hydrogen-bond donors (Lipinski definition) is 2. The van der Waals surface area contributed by atoms with Gasteiger partial charge in [0.2, 0.25) is 17.0 Å². The van der Waals surface area contributed by atoms with Crippen molar-refractivity contribution in [3.8, 4) is 11.4 Å². The molecule has 13 heteroatoms. The number of nitrogens with zero attached hydrogens (tertiary/aromatic N) is 4. The second-order valence-electron chi connectivity index (χ2n) is 6.78. The molecule has 0 aliphatic rings. The summed E-state index contributed by atoms with van der Waals surface area (Å²) in [6, 6.07) is 10.5. The number of rotatable bonds is 8. The summed E-state index contributed by atoms with van der Waals surface area (Å²) in [6.07, 6.45) is -4.79. The first-order valence-electron chi connectivity index (χ1n) is 9.52. The van der Waals surface area contributed by atoms with Crippen molar-refractivity contribution in [2.45, 2.75) is 25.4 Å². The van der Waals surface area contributed by atoms with E-state index in [4.69, 9.17) is 0 Å². The minimum atomic E-state index is -4.79. The van der Waals surface area contributed by atoms with Crippen LogP contribution in [-0.4, -0.2) is 50.7 Å². The van der Waals surface area contributed by atoms with Crippen LogP contribution in [0.15, 0.2) is 47.6 Å². The molecule has 1 heterocycles. The highest BCUT2D eigenvalue weighted by Crippen LogP contribution is 2.25. The van der Waals surface area contributed by atoms with Gasteiger partial charge < -0.3 is 15.4 Å². The zero-order valence-electron chi connectivity index (χ0n) is 17.5. The minimum absolute atomic E-state index is 0.0770. The van der Waals surface area contributed by atoms with Crippen LogP contribution in [0.4, 0.5) is 18.9 Å². The molecular weight excluding hydrogens is 461 g/mol. The number of tetrazole rings is 1. The summed E-state index contributed by atoms with van der Waals surface area (Å²) in [5, 5.41) is 16.6. The van der Waals surface area contributed by atoms with E-state index in [-0.39, 0.29) is 29.1 Å². The fraction of sp³-hybridized carbons (Fsp3) is 0.250. The first-order valence-corrected chi connectivity index (χ1v) is 10.5. The van der Waals surface area contributed by atoms with E-state index in [0.717, 1.165) is 35.0 Å². The number of carbonyl (C=O) groups is 2. The van der Waals surface area contributed by atoms with Gasteiger partial charge in [-0.05, 0) is 65.7 Å². The van der Waals surface area contributed by atoms with Crippen LogP contribution in [0.25, 0.3) is 5.69 Å². The Bertz CT molecular complexity index is 1130. The molecular formula is C20H19F3N6O3S. The van der Waals surface area contributed by atoms with Crippen molar-refractivity contribution in [1.82, 2.24) is 25.5 Å². The van der Waals surface area contributed by atoms with Gasteiger partial charge in [0.05, 0.1) is 18.0 Å². The van der Waals surface area contributed by atoms with Gasteiger partial charge in [-0.2, -0.15) is 4.68 Å². The predicted octanol–water partition coefficient (Wildman–Crippen LogP) is 3.02. The molecule has 0 spiro atoms. The van der Waals surface area contributed by atoms with Crippen LogP contribution in [-0.2, 0) is 9.59 Å². The number of halogens is 3. The molecule has 33 heavy (non-hydrogen) atoms. The second-order valence-corrected chi connectivity index (χ2v) is 7.72. The topological polar surface area (TPSA) is 111 Å². The summed E-state index contributed by atoms with van der Waals surface area (Å²) in [5.41, 5.74) is 3.03. The largest absolute Gasteiger partial charge is 0.573 e. The standard InChI is InChI=1S/C20H19F3N6O3S/c1-12-4-3-5-16(13(12)2)25-17(30)10-24-18(31)11-33-19-26-27-28-29(19)14-6-8-15(9-7-14)32-20(21,22)23/h3-9H,10-11H2,1-2H3,(H,24,31)(H,25,30). The molecule has 0 aliphatic carbocycles. The van der Waals surface area contributed by atoms with Gasteiger partial charge >= 0.3 is 6.36 Å². The van der Waals surface area contributed by atoms with Gasteiger partial charge in [-0.1, -0.05) is 23.9 Å². The number of ether oxygens (including phenoxy) is 1. The highest BCUT2D eigenvalue weighted by atomic mass is 32.2. The van der Waals surface area contributed by atoms with E-state index < -0.39 is 12.3 Å². The van der Waals surface area contributed by atoms with Crippen molar-refractivity contribution in [1.29, 1.82) is 0 Å². The molecule has 1 aromatic heterocycles. The van der Waals surface area contributed by atoms with Crippen molar-refractivity contribution < 1.29 is 27.5 Å². The van der Waals surface area contributed by atoms with Crippen molar-refractivity contribution in [3.05, 3.63) is 53.6 Å². The lowest BCUT2D eigenvalue weighted by atomic mass is 10.1. The Kier molecular flexibility index (Phi) is 7.53. The predicted molar refractivity (Wildman–Crippen MR) is 114 cm³/mol. The number of alkyl halides is 3. The Balaban J connectivity index is 1.51. The monoisotopic (exact) mass is 480 g/mol. The average molecular weight is 480 g/mol. The molecule has 0 fully saturated rings. The Morgan fingerprint density at radius 2 is 1.82 bits per heavy atom. The number of nitrogens with one attached hydrogen (secondary N) is 2. The molecule has 2 amide bonds. The van der Waals surface area contributed by atoms with Crippen LogP contribution in [0.2, 0.25) is 0 Å². The van der Waals surface area contributed by atoms with Crippen molar-refractivity contribution >= 4 is 29.3 Å². The van der Waals surface area contributed by atoms with Crippen molar-refractivity contribution in [2.24, 2.45) is 0 Å². The van der Waals surface area contributed by atoms with E-state index in [1.807, 2.05) is 26.0 Å². The highest BCUT2D eigenvalue weighted by molar-refractivity contribution is 7.99. The average Bonchev–Trinajstić information content (AvgIpc) is 3.22. The first-order chi connectivity index (χ1) is 15.6. The second kappa shape index (κ2) is 10.3. The number of carbonyl (C=O) groups excluding carboxylic acids is 2. The SMILES string of the molecule is Cc1cccc(NC(=O)CNC(=O)CSc2nnnn2-c2ccc(OC(F)(F)F)cc2)c1C. The number of amides is 2.